The van der Waals surface area contributed by atoms with Gasteiger partial charge >= 0.3 is 12.0 Å². The third-order valence-electron chi connectivity index (χ3n) is 3.44. The lowest BCUT2D eigenvalue weighted by Crippen LogP contribution is -2.51. The summed E-state index contributed by atoms with van der Waals surface area (Å²) < 4.78 is 5.35. The van der Waals surface area contributed by atoms with Gasteiger partial charge in [-0.15, -0.1) is 0 Å². The van der Waals surface area contributed by atoms with Crippen LogP contribution >= 0.6 is 0 Å². The van der Waals surface area contributed by atoms with Crippen LogP contribution in [0.1, 0.15) is 46.0 Å². The number of carboxylic acid groups (broad SMARTS) is 1. The molecule has 0 aromatic heterocycles. The highest BCUT2D eigenvalue weighted by molar-refractivity contribution is 5.75. The molecule has 2 atom stereocenters. The number of carbonyl (C=O) groups excluding carboxylic acids is 1. The molecule has 116 valence electrons. The number of hydrogen-bond acceptors (Lipinski definition) is 3. The van der Waals surface area contributed by atoms with E-state index in [4.69, 9.17) is 9.84 Å². The molecule has 0 aliphatic carbocycles. The van der Waals surface area contributed by atoms with Gasteiger partial charge in [0.15, 0.2) is 0 Å². The molecule has 0 spiro atoms. The zero-order chi connectivity index (χ0) is 15.0. The maximum Gasteiger partial charge on any atom is 0.317 e. The van der Waals surface area contributed by atoms with Crippen molar-refractivity contribution in [2.75, 3.05) is 19.7 Å². The van der Waals surface area contributed by atoms with Gasteiger partial charge in [-0.3, -0.25) is 4.79 Å². The first kappa shape index (κ1) is 16.8. The van der Waals surface area contributed by atoms with Crippen LogP contribution < -0.4 is 5.32 Å². The summed E-state index contributed by atoms with van der Waals surface area (Å²) in [6, 6.07) is 0.0301. The van der Waals surface area contributed by atoms with Crippen molar-refractivity contribution in [2.45, 2.75) is 58.1 Å². The fourth-order valence-corrected chi connectivity index (χ4v) is 2.30. The molecule has 2 N–H and O–H groups in total. The van der Waals surface area contributed by atoms with Crippen molar-refractivity contribution in [2.24, 2.45) is 0 Å². The number of unbranched alkanes of at least 4 members (excludes halogenated alkanes) is 2. The van der Waals surface area contributed by atoms with Crippen molar-refractivity contribution in [3.05, 3.63) is 0 Å². The molecule has 0 bridgehead atoms. The number of ether oxygens (including phenoxy) is 1. The Balaban J connectivity index is 2.32. The van der Waals surface area contributed by atoms with Crippen molar-refractivity contribution in [1.82, 2.24) is 10.2 Å². The first-order valence-corrected chi connectivity index (χ1v) is 7.41. The third-order valence-corrected chi connectivity index (χ3v) is 3.44. The standard InChI is InChI=1S/C14H26N2O4/c1-3-4-5-6-11(2)15-14(19)16-7-8-20-12(10-16)9-13(17)18/h11-12H,3-10H2,1-2H3,(H,15,19)(H,17,18). The number of amides is 2. The summed E-state index contributed by atoms with van der Waals surface area (Å²) in [5, 5.41) is 11.7. The normalized spacial score (nSPS) is 20.5. The van der Waals surface area contributed by atoms with Gasteiger partial charge in [0.25, 0.3) is 0 Å². The largest absolute Gasteiger partial charge is 0.481 e. The maximum atomic E-state index is 12.1. The lowest BCUT2D eigenvalue weighted by Gasteiger charge is -2.33. The van der Waals surface area contributed by atoms with E-state index in [1.54, 1.807) is 4.90 Å². The molecular weight excluding hydrogens is 260 g/mol. The number of carboxylic acids is 1. The lowest BCUT2D eigenvalue weighted by molar-refractivity contribution is -0.141. The first-order chi connectivity index (χ1) is 9.52. The second-order valence-corrected chi connectivity index (χ2v) is 5.38. The highest BCUT2D eigenvalue weighted by Crippen LogP contribution is 2.10. The second-order valence-electron chi connectivity index (χ2n) is 5.38. The van der Waals surface area contributed by atoms with Crippen LogP contribution in [0.2, 0.25) is 0 Å². The Morgan fingerprint density at radius 3 is 2.85 bits per heavy atom. The molecule has 0 aromatic rings. The van der Waals surface area contributed by atoms with E-state index in [0.29, 0.717) is 19.7 Å². The van der Waals surface area contributed by atoms with E-state index in [0.717, 1.165) is 12.8 Å². The summed E-state index contributed by atoms with van der Waals surface area (Å²) in [6.07, 6.45) is 3.97. The van der Waals surface area contributed by atoms with Crippen LogP contribution in [0.3, 0.4) is 0 Å². The number of nitrogens with zero attached hydrogens (tertiary/aromatic N) is 1. The lowest BCUT2D eigenvalue weighted by atomic mass is 10.1. The smallest absolute Gasteiger partial charge is 0.317 e. The van der Waals surface area contributed by atoms with E-state index < -0.39 is 12.1 Å². The number of nitrogens with one attached hydrogen (secondary N) is 1. The summed E-state index contributed by atoms with van der Waals surface area (Å²) in [7, 11) is 0. The molecule has 20 heavy (non-hydrogen) atoms. The Labute approximate surface area is 120 Å². The summed E-state index contributed by atoms with van der Waals surface area (Å²) in [5.41, 5.74) is 0. The van der Waals surface area contributed by atoms with Gasteiger partial charge in [0.05, 0.1) is 19.1 Å². The first-order valence-electron chi connectivity index (χ1n) is 7.41. The number of aliphatic carboxylic acids is 1. The molecule has 0 aromatic carbocycles. The minimum Gasteiger partial charge on any atom is -0.481 e. The molecule has 1 aliphatic heterocycles. The molecule has 6 nitrogen and oxygen atoms in total. The SMILES string of the molecule is CCCCCC(C)NC(=O)N1CCOC(CC(=O)O)C1. The molecule has 1 aliphatic rings. The zero-order valence-corrected chi connectivity index (χ0v) is 12.4. The van der Waals surface area contributed by atoms with Crippen LogP contribution in [0.15, 0.2) is 0 Å². The quantitative estimate of drug-likeness (QED) is 0.700. The van der Waals surface area contributed by atoms with Gasteiger partial charge in [-0.2, -0.15) is 0 Å². The molecule has 2 unspecified atom stereocenters. The summed E-state index contributed by atoms with van der Waals surface area (Å²) in [5.74, 6) is -0.898. The number of rotatable bonds is 7. The van der Waals surface area contributed by atoms with Gasteiger partial charge < -0.3 is 20.1 Å². The molecule has 0 saturated carbocycles. The van der Waals surface area contributed by atoms with Gasteiger partial charge in [-0.1, -0.05) is 26.2 Å². The van der Waals surface area contributed by atoms with Crippen LogP contribution in [-0.4, -0.2) is 53.8 Å². The second kappa shape index (κ2) is 8.79. The summed E-state index contributed by atoms with van der Waals surface area (Å²) in [6.45, 7) is 5.42. The van der Waals surface area contributed by atoms with Crippen molar-refractivity contribution >= 4 is 12.0 Å². The molecule has 6 heteroatoms. The fraction of sp³-hybridized carbons (Fsp3) is 0.857. The number of morpholine rings is 1. The van der Waals surface area contributed by atoms with Crippen LogP contribution in [0, 0.1) is 0 Å². The fourth-order valence-electron chi connectivity index (χ4n) is 2.30. The van der Waals surface area contributed by atoms with Gasteiger partial charge in [0.2, 0.25) is 0 Å². The van der Waals surface area contributed by atoms with Gasteiger partial charge in [-0.25, -0.2) is 4.79 Å². The predicted octanol–water partition coefficient (Wildman–Crippen LogP) is 1.84. The Hall–Kier alpha value is -1.30. The van der Waals surface area contributed by atoms with E-state index in [2.05, 4.69) is 12.2 Å². The zero-order valence-electron chi connectivity index (χ0n) is 12.4. The summed E-state index contributed by atoms with van der Waals surface area (Å²) in [4.78, 5) is 24.4. The van der Waals surface area contributed by atoms with Crippen LogP contribution in [-0.2, 0) is 9.53 Å². The van der Waals surface area contributed by atoms with Crippen molar-refractivity contribution in [3.8, 4) is 0 Å². The highest BCUT2D eigenvalue weighted by atomic mass is 16.5. The molecule has 0 radical (unpaired) electrons. The predicted molar refractivity (Wildman–Crippen MR) is 75.7 cm³/mol. The van der Waals surface area contributed by atoms with Crippen LogP contribution in [0.4, 0.5) is 4.79 Å². The summed E-state index contributed by atoms with van der Waals surface area (Å²) >= 11 is 0. The monoisotopic (exact) mass is 286 g/mol. The van der Waals surface area contributed by atoms with E-state index in [1.165, 1.54) is 12.8 Å². The van der Waals surface area contributed by atoms with Gasteiger partial charge in [0.1, 0.15) is 0 Å². The minimum absolute atomic E-state index is 0.0597. The van der Waals surface area contributed by atoms with E-state index in [-0.39, 0.29) is 18.5 Å². The average Bonchev–Trinajstić information content (AvgIpc) is 2.38. The molecule has 1 saturated heterocycles. The van der Waals surface area contributed by atoms with Crippen molar-refractivity contribution in [1.29, 1.82) is 0 Å². The molecular formula is C14H26N2O4. The maximum absolute atomic E-state index is 12.1. The van der Waals surface area contributed by atoms with E-state index in [1.807, 2.05) is 6.92 Å². The van der Waals surface area contributed by atoms with Gasteiger partial charge in [-0.05, 0) is 13.3 Å². The Morgan fingerprint density at radius 1 is 1.45 bits per heavy atom. The topological polar surface area (TPSA) is 78.9 Å². The van der Waals surface area contributed by atoms with E-state index in [9.17, 15) is 9.59 Å². The molecule has 2 amide bonds. The van der Waals surface area contributed by atoms with E-state index >= 15 is 0 Å². The van der Waals surface area contributed by atoms with Gasteiger partial charge in [0, 0.05) is 19.1 Å². The minimum atomic E-state index is -0.898. The highest BCUT2D eigenvalue weighted by Gasteiger charge is 2.26. The Bertz CT molecular complexity index is 322. The Kier molecular flexibility index (Phi) is 7.36. The average molecular weight is 286 g/mol. The number of urea groups is 1. The molecule has 1 heterocycles. The number of hydrogen-bond donors (Lipinski definition) is 2. The molecule has 1 rings (SSSR count). The van der Waals surface area contributed by atoms with Crippen LogP contribution in [0.25, 0.3) is 0 Å². The van der Waals surface area contributed by atoms with Crippen LogP contribution in [0.5, 0.6) is 0 Å². The van der Waals surface area contributed by atoms with Crippen molar-refractivity contribution in [3.63, 3.8) is 0 Å². The third kappa shape index (κ3) is 6.23. The Morgan fingerprint density at radius 2 is 2.20 bits per heavy atom. The number of carbonyl (C=O) groups is 2. The molecule has 1 fully saturated rings. The van der Waals surface area contributed by atoms with Crippen molar-refractivity contribution < 1.29 is 19.4 Å².